The van der Waals surface area contributed by atoms with Crippen LogP contribution in [-0.2, 0) is 19.6 Å². The number of hydrogen-bond acceptors (Lipinski definition) is 6. The molecule has 0 bridgehead atoms. The van der Waals surface area contributed by atoms with E-state index in [0.717, 1.165) is 25.7 Å². The summed E-state index contributed by atoms with van der Waals surface area (Å²) in [5.41, 5.74) is 0.834. The Bertz CT molecular complexity index is 1140. The fraction of sp³-hybridized carbons (Fsp3) is 0.417. The summed E-state index contributed by atoms with van der Waals surface area (Å²) < 4.78 is 38.9. The van der Waals surface area contributed by atoms with Crippen LogP contribution in [0.15, 0.2) is 47.4 Å². The summed E-state index contributed by atoms with van der Waals surface area (Å²) >= 11 is 0. The van der Waals surface area contributed by atoms with E-state index >= 15 is 0 Å². The molecule has 2 aliphatic heterocycles. The van der Waals surface area contributed by atoms with E-state index in [1.165, 1.54) is 21.3 Å². The molecule has 4 rings (SSSR count). The predicted octanol–water partition coefficient (Wildman–Crippen LogP) is 3.01. The molecule has 1 fully saturated rings. The lowest BCUT2D eigenvalue weighted by Crippen LogP contribution is -2.43. The Kier molecular flexibility index (Phi) is 7.38. The first-order valence-electron chi connectivity index (χ1n) is 11.5. The van der Waals surface area contributed by atoms with Gasteiger partial charge in [0.1, 0.15) is 18.0 Å². The van der Waals surface area contributed by atoms with Crippen molar-refractivity contribution in [3.05, 3.63) is 42.5 Å². The lowest BCUT2D eigenvalue weighted by molar-refractivity contribution is -0.123. The second kappa shape index (κ2) is 10.4. The van der Waals surface area contributed by atoms with Crippen molar-refractivity contribution in [2.24, 2.45) is 0 Å². The summed E-state index contributed by atoms with van der Waals surface area (Å²) in [5.74, 6) is 0.226. The van der Waals surface area contributed by atoms with Gasteiger partial charge in [-0.3, -0.25) is 14.5 Å². The first-order valence-corrected chi connectivity index (χ1v) is 12.9. The van der Waals surface area contributed by atoms with E-state index in [4.69, 9.17) is 9.47 Å². The second-order valence-corrected chi connectivity index (χ2v) is 10.2. The molecule has 0 atom stereocenters. The number of amides is 2. The number of rotatable bonds is 7. The smallest absolute Gasteiger partial charge is 0.265 e. The van der Waals surface area contributed by atoms with E-state index in [2.05, 4.69) is 5.32 Å². The van der Waals surface area contributed by atoms with Crippen LogP contribution in [0.5, 0.6) is 11.5 Å². The highest BCUT2D eigenvalue weighted by Crippen LogP contribution is 2.35. The highest BCUT2D eigenvalue weighted by Gasteiger charge is 2.31. The number of nitrogens with zero attached hydrogens (tertiary/aromatic N) is 2. The van der Waals surface area contributed by atoms with Crippen LogP contribution < -0.4 is 19.7 Å². The van der Waals surface area contributed by atoms with Crippen molar-refractivity contribution >= 4 is 33.2 Å². The maximum Gasteiger partial charge on any atom is 0.265 e. The molecule has 2 aromatic carbocycles. The third-order valence-electron chi connectivity index (χ3n) is 5.83. The first kappa shape index (κ1) is 24.0. The van der Waals surface area contributed by atoms with Crippen LogP contribution >= 0.6 is 0 Å². The fourth-order valence-electron chi connectivity index (χ4n) is 4.09. The van der Waals surface area contributed by atoms with Crippen molar-refractivity contribution in [2.45, 2.75) is 37.5 Å². The van der Waals surface area contributed by atoms with Crippen LogP contribution in [-0.4, -0.2) is 57.4 Å². The van der Waals surface area contributed by atoms with Gasteiger partial charge in [0, 0.05) is 18.8 Å². The zero-order chi connectivity index (χ0) is 24.1. The van der Waals surface area contributed by atoms with Crippen molar-refractivity contribution in [3.63, 3.8) is 0 Å². The molecule has 10 heteroatoms. The van der Waals surface area contributed by atoms with Crippen molar-refractivity contribution < 1.29 is 27.5 Å². The quantitative estimate of drug-likeness (QED) is 0.644. The maximum absolute atomic E-state index is 13.2. The Hall–Kier alpha value is -3.11. The Labute approximate surface area is 199 Å². The summed E-state index contributed by atoms with van der Waals surface area (Å²) in [7, 11) is -3.72. The van der Waals surface area contributed by atoms with Gasteiger partial charge in [-0.05, 0) is 62.2 Å². The molecule has 0 aliphatic carbocycles. The standard InChI is InChI=1S/C24H29N3O6S/c1-2-32-19-9-7-18(8-10-19)25-23(28)16-27-21-15-20(11-12-22(21)33-17-24(27)29)34(30,31)26-13-5-3-4-6-14-26/h7-12,15H,2-6,13-14,16-17H2,1H3,(H,25,28). The van der Waals surface area contributed by atoms with Gasteiger partial charge >= 0.3 is 0 Å². The zero-order valence-corrected chi connectivity index (χ0v) is 20.0. The van der Waals surface area contributed by atoms with Gasteiger partial charge in [0.05, 0.1) is 17.2 Å². The molecular formula is C24H29N3O6S. The summed E-state index contributed by atoms with van der Waals surface area (Å²) in [4.78, 5) is 26.7. The molecule has 0 aromatic heterocycles. The molecule has 1 N–H and O–H groups in total. The molecule has 34 heavy (non-hydrogen) atoms. The molecule has 2 heterocycles. The second-order valence-electron chi connectivity index (χ2n) is 8.22. The molecular weight excluding hydrogens is 458 g/mol. The van der Waals surface area contributed by atoms with Gasteiger partial charge in [0.25, 0.3) is 5.91 Å². The summed E-state index contributed by atoms with van der Waals surface area (Å²) in [6.45, 7) is 2.89. The number of nitrogens with one attached hydrogen (secondary N) is 1. The zero-order valence-electron chi connectivity index (χ0n) is 19.2. The summed E-state index contributed by atoms with van der Waals surface area (Å²) in [6.07, 6.45) is 3.67. The minimum atomic E-state index is -3.72. The van der Waals surface area contributed by atoms with Gasteiger partial charge in [-0.25, -0.2) is 8.42 Å². The topological polar surface area (TPSA) is 105 Å². The molecule has 2 aliphatic rings. The number of fused-ring (bicyclic) bond motifs is 1. The molecule has 0 radical (unpaired) electrons. The highest BCUT2D eigenvalue weighted by atomic mass is 32.2. The van der Waals surface area contributed by atoms with E-state index in [1.807, 2.05) is 6.92 Å². The Morgan fingerprint density at radius 3 is 2.44 bits per heavy atom. The summed E-state index contributed by atoms with van der Waals surface area (Å²) in [5, 5.41) is 2.76. The van der Waals surface area contributed by atoms with Gasteiger partial charge in [-0.15, -0.1) is 0 Å². The van der Waals surface area contributed by atoms with Gasteiger partial charge in [0.15, 0.2) is 6.61 Å². The monoisotopic (exact) mass is 487 g/mol. The van der Waals surface area contributed by atoms with Gasteiger partial charge in [-0.2, -0.15) is 4.31 Å². The van der Waals surface area contributed by atoms with E-state index in [9.17, 15) is 18.0 Å². The van der Waals surface area contributed by atoms with Crippen LogP contribution in [0.4, 0.5) is 11.4 Å². The van der Waals surface area contributed by atoms with Crippen molar-refractivity contribution in [1.82, 2.24) is 4.31 Å². The molecule has 2 aromatic rings. The van der Waals surface area contributed by atoms with Crippen molar-refractivity contribution in [2.75, 3.05) is 43.1 Å². The van der Waals surface area contributed by atoms with Crippen molar-refractivity contribution in [1.29, 1.82) is 0 Å². The molecule has 182 valence electrons. The Morgan fingerprint density at radius 1 is 1.06 bits per heavy atom. The minimum absolute atomic E-state index is 0.0865. The Balaban J connectivity index is 1.53. The normalized spacial score (nSPS) is 16.9. The van der Waals surface area contributed by atoms with Gasteiger partial charge < -0.3 is 14.8 Å². The average molecular weight is 488 g/mol. The van der Waals surface area contributed by atoms with Crippen molar-refractivity contribution in [3.8, 4) is 11.5 Å². The fourth-order valence-corrected chi connectivity index (χ4v) is 5.63. The highest BCUT2D eigenvalue weighted by molar-refractivity contribution is 7.89. The molecule has 9 nitrogen and oxygen atoms in total. The molecule has 0 saturated carbocycles. The molecule has 0 spiro atoms. The number of carbonyl (C=O) groups is 2. The number of carbonyl (C=O) groups excluding carboxylic acids is 2. The minimum Gasteiger partial charge on any atom is -0.494 e. The number of benzene rings is 2. The van der Waals surface area contributed by atoms with Gasteiger partial charge in [-0.1, -0.05) is 12.8 Å². The lowest BCUT2D eigenvalue weighted by atomic mass is 10.2. The number of hydrogen-bond donors (Lipinski definition) is 1. The third-order valence-corrected chi connectivity index (χ3v) is 7.72. The average Bonchev–Trinajstić information content (AvgIpc) is 3.12. The predicted molar refractivity (Wildman–Crippen MR) is 128 cm³/mol. The van der Waals surface area contributed by atoms with E-state index in [1.54, 1.807) is 30.3 Å². The number of sulfonamides is 1. The number of anilines is 2. The molecule has 2 amide bonds. The van der Waals surface area contributed by atoms with Crippen LogP contribution in [0.1, 0.15) is 32.6 Å². The summed E-state index contributed by atoms with van der Waals surface area (Å²) in [6, 6.07) is 11.4. The van der Waals surface area contributed by atoms with Crippen LogP contribution in [0, 0.1) is 0 Å². The SMILES string of the molecule is CCOc1ccc(NC(=O)CN2C(=O)COc3ccc(S(=O)(=O)N4CCCCCC4)cc32)cc1. The van der Waals surface area contributed by atoms with E-state index < -0.39 is 21.8 Å². The largest absolute Gasteiger partial charge is 0.494 e. The lowest BCUT2D eigenvalue weighted by Gasteiger charge is -2.30. The van der Waals surface area contributed by atoms with Crippen LogP contribution in [0.3, 0.4) is 0 Å². The van der Waals surface area contributed by atoms with Crippen LogP contribution in [0.2, 0.25) is 0 Å². The molecule has 1 saturated heterocycles. The van der Waals surface area contributed by atoms with Crippen LogP contribution in [0.25, 0.3) is 0 Å². The van der Waals surface area contributed by atoms with E-state index in [-0.39, 0.29) is 23.7 Å². The first-order chi connectivity index (χ1) is 16.4. The molecule has 0 unspecified atom stereocenters. The Morgan fingerprint density at radius 2 is 1.76 bits per heavy atom. The van der Waals surface area contributed by atoms with Gasteiger partial charge in [0.2, 0.25) is 15.9 Å². The number of ether oxygens (including phenoxy) is 2. The third kappa shape index (κ3) is 5.34. The van der Waals surface area contributed by atoms with E-state index in [0.29, 0.717) is 36.9 Å². The maximum atomic E-state index is 13.2.